The third-order valence-electron chi connectivity index (χ3n) is 3.16. The third kappa shape index (κ3) is 7.21. The summed E-state index contributed by atoms with van der Waals surface area (Å²) in [5, 5.41) is 3.12. The van der Waals surface area contributed by atoms with Gasteiger partial charge in [0, 0.05) is 26.3 Å². The molecule has 0 heterocycles. The Hall–Kier alpha value is -0.770. The summed E-state index contributed by atoms with van der Waals surface area (Å²) in [4.78, 5) is 4.34. The van der Waals surface area contributed by atoms with Crippen LogP contribution in [0.4, 0.5) is 0 Å². The Morgan fingerprint density at radius 2 is 2.12 bits per heavy atom. The van der Waals surface area contributed by atoms with Crippen LogP contribution >= 0.6 is 0 Å². The first kappa shape index (κ1) is 14.3. The quantitative estimate of drug-likeness (QED) is 0.368. The minimum absolute atomic E-state index is 0.588. The largest absolute Gasteiger partial charge is 0.381 e. The summed E-state index contributed by atoms with van der Waals surface area (Å²) in [7, 11) is 0. The van der Waals surface area contributed by atoms with Gasteiger partial charge in [-0.3, -0.25) is 4.99 Å². The van der Waals surface area contributed by atoms with E-state index in [1.807, 2.05) is 0 Å². The summed E-state index contributed by atoms with van der Waals surface area (Å²) in [6, 6.07) is 0. The molecule has 1 aliphatic rings. The molecular weight excluding hydrogens is 214 g/mol. The molecule has 0 aliphatic heterocycles. The maximum atomic E-state index is 5.76. The van der Waals surface area contributed by atoms with E-state index in [-0.39, 0.29) is 0 Å². The van der Waals surface area contributed by atoms with Crippen LogP contribution in [0, 0.1) is 5.92 Å². The van der Waals surface area contributed by atoms with Gasteiger partial charge in [-0.15, -0.1) is 0 Å². The van der Waals surface area contributed by atoms with Crippen LogP contribution in [0.3, 0.4) is 0 Å². The third-order valence-corrected chi connectivity index (χ3v) is 3.16. The van der Waals surface area contributed by atoms with E-state index < -0.39 is 0 Å². The molecule has 0 bridgehead atoms. The van der Waals surface area contributed by atoms with Gasteiger partial charge in [-0.05, 0) is 31.6 Å². The fourth-order valence-electron chi connectivity index (χ4n) is 1.70. The molecule has 0 aromatic rings. The minimum atomic E-state index is 0.588. The molecule has 1 aliphatic carbocycles. The van der Waals surface area contributed by atoms with Crippen molar-refractivity contribution in [2.75, 3.05) is 26.3 Å². The fraction of sp³-hybridized carbons (Fsp3) is 0.923. The molecule has 1 saturated carbocycles. The van der Waals surface area contributed by atoms with E-state index in [0.29, 0.717) is 5.96 Å². The number of rotatable bonds is 9. The monoisotopic (exact) mass is 241 g/mol. The summed E-state index contributed by atoms with van der Waals surface area (Å²) < 4.78 is 5.46. The van der Waals surface area contributed by atoms with Crippen molar-refractivity contribution in [2.45, 2.75) is 45.4 Å². The summed E-state index contributed by atoms with van der Waals surface area (Å²) >= 11 is 0. The number of aliphatic imine (C=N–C) groups is 1. The number of guanidine groups is 1. The molecule has 0 amide bonds. The number of nitrogens with one attached hydrogen (secondary N) is 1. The molecule has 0 aromatic heterocycles. The highest BCUT2D eigenvalue weighted by Gasteiger charge is 2.16. The second-order valence-electron chi connectivity index (χ2n) is 4.77. The van der Waals surface area contributed by atoms with Gasteiger partial charge in [0.25, 0.3) is 0 Å². The van der Waals surface area contributed by atoms with E-state index in [0.717, 1.165) is 45.1 Å². The number of hydrogen-bond acceptors (Lipinski definition) is 2. The van der Waals surface area contributed by atoms with Gasteiger partial charge in [-0.2, -0.15) is 0 Å². The lowest BCUT2D eigenvalue weighted by Crippen LogP contribution is -2.33. The van der Waals surface area contributed by atoms with Gasteiger partial charge in [-0.25, -0.2) is 0 Å². The van der Waals surface area contributed by atoms with Gasteiger partial charge in [-0.1, -0.05) is 19.8 Å². The molecule has 3 N–H and O–H groups in total. The van der Waals surface area contributed by atoms with Crippen molar-refractivity contribution >= 4 is 5.96 Å². The molecule has 0 radical (unpaired) electrons. The van der Waals surface area contributed by atoms with Crippen molar-refractivity contribution in [1.82, 2.24) is 5.32 Å². The lowest BCUT2D eigenvalue weighted by Gasteiger charge is -2.23. The molecule has 1 fully saturated rings. The SMILES string of the molecule is CCCCOCCCNC(N)=NCC1CCC1. The summed E-state index contributed by atoms with van der Waals surface area (Å²) in [5.41, 5.74) is 5.76. The molecule has 4 nitrogen and oxygen atoms in total. The zero-order chi connectivity index (χ0) is 12.3. The zero-order valence-electron chi connectivity index (χ0n) is 11.1. The van der Waals surface area contributed by atoms with Crippen LogP contribution in [0.1, 0.15) is 45.4 Å². The van der Waals surface area contributed by atoms with Crippen molar-refractivity contribution < 1.29 is 4.74 Å². The van der Waals surface area contributed by atoms with Gasteiger partial charge >= 0.3 is 0 Å². The van der Waals surface area contributed by atoms with Crippen molar-refractivity contribution in [3.8, 4) is 0 Å². The standard InChI is InChI=1S/C13H27N3O/c1-2-3-9-17-10-5-8-15-13(14)16-11-12-6-4-7-12/h12H,2-11H2,1H3,(H3,14,15,16). The Morgan fingerprint density at radius 1 is 1.35 bits per heavy atom. The molecule has 0 atom stereocenters. The number of nitrogens with zero attached hydrogens (tertiary/aromatic N) is 1. The Morgan fingerprint density at radius 3 is 2.76 bits per heavy atom. The van der Waals surface area contributed by atoms with Crippen LogP contribution in [0.5, 0.6) is 0 Å². The highest BCUT2D eigenvalue weighted by Crippen LogP contribution is 2.26. The van der Waals surface area contributed by atoms with Crippen LogP contribution < -0.4 is 11.1 Å². The smallest absolute Gasteiger partial charge is 0.188 e. The van der Waals surface area contributed by atoms with E-state index in [1.165, 1.54) is 25.7 Å². The average molecular weight is 241 g/mol. The van der Waals surface area contributed by atoms with Crippen LogP contribution in [-0.2, 0) is 4.74 Å². The predicted octanol–water partition coefficient (Wildman–Crippen LogP) is 1.90. The lowest BCUT2D eigenvalue weighted by atomic mass is 9.86. The topological polar surface area (TPSA) is 59.6 Å². The minimum Gasteiger partial charge on any atom is -0.381 e. The highest BCUT2D eigenvalue weighted by atomic mass is 16.5. The van der Waals surface area contributed by atoms with Gasteiger partial charge < -0.3 is 15.8 Å². The molecular formula is C13H27N3O. The fourth-order valence-corrected chi connectivity index (χ4v) is 1.70. The van der Waals surface area contributed by atoms with Crippen molar-refractivity contribution in [3.05, 3.63) is 0 Å². The zero-order valence-corrected chi connectivity index (χ0v) is 11.1. The molecule has 0 aromatic carbocycles. The van der Waals surface area contributed by atoms with Crippen molar-refractivity contribution in [2.24, 2.45) is 16.6 Å². The van der Waals surface area contributed by atoms with E-state index >= 15 is 0 Å². The molecule has 100 valence electrons. The van der Waals surface area contributed by atoms with Gasteiger partial charge in [0.05, 0.1) is 0 Å². The molecule has 17 heavy (non-hydrogen) atoms. The second kappa shape index (κ2) is 9.28. The number of nitrogens with two attached hydrogens (primary N) is 1. The molecule has 0 saturated heterocycles. The number of ether oxygens (including phenoxy) is 1. The molecule has 4 heteroatoms. The average Bonchev–Trinajstić information content (AvgIpc) is 2.26. The molecule has 0 spiro atoms. The highest BCUT2D eigenvalue weighted by molar-refractivity contribution is 5.77. The maximum absolute atomic E-state index is 5.76. The van der Waals surface area contributed by atoms with E-state index in [1.54, 1.807) is 0 Å². The van der Waals surface area contributed by atoms with Crippen molar-refractivity contribution in [3.63, 3.8) is 0 Å². The van der Waals surface area contributed by atoms with E-state index in [2.05, 4.69) is 17.2 Å². The number of unbranched alkanes of at least 4 members (excludes halogenated alkanes) is 1. The normalized spacial score (nSPS) is 16.9. The van der Waals surface area contributed by atoms with E-state index in [9.17, 15) is 0 Å². The summed E-state index contributed by atoms with van der Waals surface area (Å²) in [5.74, 6) is 1.37. The van der Waals surface area contributed by atoms with E-state index in [4.69, 9.17) is 10.5 Å². The van der Waals surface area contributed by atoms with Crippen LogP contribution in [0.2, 0.25) is 0 Å². The second-order valence-corrected chi connectivity index (χ2v) is 4.77. The summed E-state index contributed by atoms with van der Waals surface area (Å²) in [6.07, 6.45) is 7.34. The first-order chi connectivity index (χ1) is 8.33. The van der Waals surface area contributed by atoms with Gasteiger partial charge in [0.15, 0.2) is 5.96 Å². The Labute approximate surface area is 105 Å². The Bertz CT molecular complexity index is 215. The van der Waals surface area contributed by atoms with Crippen LogP contribution in [0.15, 0.2) is 4.99 Å². The Kier molecular flexibility index (Phi) is 7.80. The first-order valence-electron chi connectivity index (χ1n) is 6.94. The molecule has 0 unspecified atom stereocenters. The predicted molar refractivity (Wildman–Crippen MR) is 72.2 cm³/mol. The van der Waals surface area contributed by atoms with Gasteiger partial charge in [0.1, 0.15) is 0 Å². The lowest BCUT2D eigenvalue weighted by molar-refractivity contribution is 0.129. The molecule has 1 rings (SSSR count). The van der Waals surface area contributed by atoms with Gasteiger partial charge in [0.2, 0.25) is 0 Å². The first-order valence-corrected chi connectivity index (χ1v) is 6.94. The number of hydrogen-bond donors (Lipinski definition) is 2. The van der Waals surface area contributed by atoms with Crippen LogP contribution in [0.25, 0.3) is 0 Å². The Balaban J connectivity index is 1.87. The van der Waals surface area contributed by atoms with Crippen LogP contribution in [-0.4, -0.2) is 32.3 Å². The maximum Gasteiger partial charge on any atom is 0.188 e. The summed E-state index contributed by atoms with van der Waals surface area (Å²) in [6.45, 7) is 5.60. The van der Waals surface area contributed by atoms with Crippen molar-refractivity contribution in [1.29, 1.82) is 0 Å².